The first-order valence-corrected chi connectivity index (χ1v) is 6.23. The second-order valence-corrected chi connectivity index (χ2v) is 4.67. The van der Waals surface area contributed by atoms with Crippen LogP contribution in [-0.4, -0.2) is 0 Å². The van der Waals surface area contributed by atoms with Crippen LogP contribution in [0.2, 0.25) is 0 Å². The van der Waals surface area contributed by atoms with Crippen molar-refractivity contribution in [2.75, 3.05) is 0 Å². The summed E-state index contributed by atoms with van der Waals surface area (Å²) >= 11 is 0. The largest absolute Gasteiger partial charge is 0.456 e. The summed E-state index contributed by atoms with van der Waals surface area (Å²) in [5.74, 6) is 1.78. The van der Waals surface area contributed by atoms with Crippen LogP contribution in [0.25, 0.3) is 22.6 Å². The van der Waals surface area contributed by atoms with Gasteiger partial charge in [0.1, 0.15) is 25.6 Å². The predicted octanol–water partition coefficient (Wildman–Crippen LogP) is 2.26. The first-order valence-electron chi connectivity index (χ1n) is 6.23. The number of furan rings is 1. The summed E-state index contributed by atoms with van der Waals surface area (Å²) in [5.41, 5.74) is 2.18. The Morgan fingerprint density at radius 3 is 1.37 bits per heavy atom. The van der Waals surface area contributed by atoms with Crippen LogP contribution in [0.3, 0.4) is 0 Å². The summed E-state index contributed by atoms with van der Waals surface area (Å²) in [7, 11) is 4.00. The molecule has 3 heteroatoms. The average Bonchev–Trinajstić information content (AvgIpc) is 2.90. The van der Waals surface area contributed by atoms with Crippen molar-refractivity contribution in [3.05, 3.63) is 61.2 Å². The molecule has 94 valence electrons. The summed E-state index contributed by atoms with van der Waals surface area (Å²) in [6.45, 7) is 0. The maximum atomic E-state index is 5.92. The van der Waals surface area contributed by atoms with E-state index in [0.29, 0.717) is 0 Å². The lowest BCUT2D eigenvalue weighted by Crippen LogP contribution is -2.25. The van der Waals surface area contributed by atoms with Gasteiger partial charge in [0.2, 0.25) is 0 Å². The highest BCUT2D eigenvalue weighted by atomic mass is 16.3. The Labute approximate surface area is 112 Å². The van der Waals surface area contributed by atoms with Crippen molar-refractivity contribution in [3.8, 4) is 22.6 Å². The van der Waals surface area contributed by atoms with Crippen molar-refractivity contribution in [3.63, 3.8) is 0 Å². The molecule has 3 heterocycles. The third-order valence-electron chi connectivity index (χ3n) is 3.13. The molecular formula is C16H16N2O+2. The van der Waals surface area contributed by atoms with Gasteiger partial charge in [-0.05, 0) is 12.1 Å². The number of pyridine rings is 2. The van der Waals surface area contributed by atoms with Gasteiger partial charge in [-0.1, -0.05) is 0 Å². The van der Waals surface area contributed by atoms with E-state index in [9.17, 15) is 0 Å². The topological polar surface area (TPSA) is 20.9 Å². The molecule has 0 saturated carbocycles. The van der Waals surface area contributed by atoms with Crippen molar-refractivity contribution in [1.29, 1.82) is 0 Å². The van der Waals surface area contributed by atoms with Gasteiger partial charge in [0.15, 0.2) is 24.8 Å². The Hall–Kier alpha value is -2.42. The molecule has 0 spiro atoms. The van der Waals surface area contributed by atoms with Gasteiger partial charge in [-0.15, -0.1) is 0 Å². The summed E-state index contributed by atoms with van der Waals surface area (Å²) in [5, 5.41) is 0. The number of nitrogens with zero attached hydrogens (tertiary/aromatic N) is 2. The zero-order valence-electron chi connectivity index (χ0n) is 11.1. The molecule has 0 aliphatic carbocycles. The van der Waals surface area contributed by atoms with E-state index in [0.717, 1.165) is 22.6 Å². The number of hydrogen-bond acceptors (Lipinski definition) is 1. The highest BCUT2D eigenvalue weighted by Gasteiger charge is 2.08. The lowest BCUT2D eigenvalue weighted by atomic mass is 10.2. The van der Waals surface area contributed by atoms with Gasteiger partial charge in [-0.2, -0.15) is 0 Å². The lowest BCUT2D eigenvalue weighted by Gasteiger charge is -1.97. The summed E-state index contributed by atoms with van der Waals surface area (Å²) in [6, 6.07) is 12.2. The average molecular weight is 252 g/mol. The molecule has 0 bridgehead atoms. The zero-order chi connectivity index (χ0) is 13.2. The fourth-order valence-electron chi connectivity index (χ4n) is 1.98. The number of hydrogen-bond donors (Lipinski definition) is 0. The number of rotatable bonds is 2. The van der Waals surface area contributed by atoms with E-state index in [2.05, 4.69) is 0 Å². The Morgan fingerprint density at radius 2 is 1.00 bits per heavy atom. The summed E-state index contributed by atoms with van der Waals surface area (Å²) in [4.78, 5) is 0. The molecule has 0 radical (unpaired) electrons. The Morgan fingerprint density at radius 1 is 0.632 bits per heavy atom. The van der Waals surface area contributed by atoms with Crippen LogP contribution in [-0.2, 0) is 14.1 Å². The molecule has 0 atom stereocenters. The van der Waals surface area contributed by atoms with Gasteiger partial charge >= 0.3 is 0 Å². The maximum Gasteiger partial charge on any atom is 0.169 e. The molecule has 3 nitrogen and oxygen atoms in total. The fraction of sp³-hybridized carbons (Fsp3) is 0.125. The molecule has 0 aliphatic heterocycles. The van der Waals surface area contributed by atoms with E-state index in [-0.39, 0.29) is 0 Å². The molecule has 3 rings (SSSR count). The first kappa shape index (κ1) is 11.7. The molecule has 19 heavy (non-hydrogen) atoms. The normalized spacial score (nSPS) is 10.6. The molecule has 0 aliphatic rings. The van der Waals surface area contributed by atoms with Crippen LogP contribution in [0, 0.1) is 0 Å². The van der Waals surface area contributed by atoms with Crippen molar-refractivity contribution in [2.45, 2.75) is 0 Å². The van der Waals surface area contributed by atoms with Crippen molar-refractivity contribution >= 4 is 0 Å². The van der Waals surface area contributed by atoms with Crippen LogP contribution >= 0.6 is 0 Å². The molecule has 3 aromatic heterocycles. The fourth-order valence-corrected chi connectivity index (χ4v) is 1.98. The van der Waals surface area contributed by atoms with Gasteiger partial charge < -0.3 is 4.42 Å². The molecule has 0 N–H and O–H groups in total. The monoisotopic (exact) mass is 252 g/mol. The Kier molecular flexibility index (Phi) is 2.88. The first-order chi connectivity index (χ1) is 9.22. The van der Waals surface area contributed by atoms with E-state index in [1.54, 1.807) is 0 Å². The van der Waals surface area contributed by atoms with Gasteiger partial charge in [0, 0.05) is 35.4 Å². The second kappa shape index (κ2) is 4.69. The minimum absolute atomic E-state index is 0.892. The minimum atomic E-state index is 0.892. The third kappa shape index (κ3) is 2.40. The molecule has 0 aromatic carbocycles. The van der Waals surface area contributed by atoms with Crippen molar-refractivity contribution in [2.24, 2.45) is 14.1 Å². The molecule has 0 saturated heterocycles. The minimum Gasteiger partial charge on any atom is -0.456 e. The second-order valence-electron chi connectivity index (χ2n) is 4.67. The van der Waals surface area contributed by atoms with Crippen LogP contribution in [0.1, 0.15) is 0 Å². The van der Waals surface area contributed by atoms with Crippen LogP contribution in [0.5, 0.6) is 0 Å². The highest BCUT2D eigenvalue weighted by molar-refractivity contribution is 5.63. The van der Waals surface area contributed by atoms with Crippen LogP contribution in [0.4, 0.5) is 0 Å². The van der Waals surface area contributed by atoms with E-state index < -0.39 is 0 Å². The van der Waals surface area contributed by atoms with Gasteiger partial charge in [0.25, 0.3) is 0 Å². The molecular weight excluding hydrogens is 236 g/mol. The molecule has 3 aromatic rings. The van der Waals surface area contributed by atoms with Crippen LogP contribution in [0.15, 0.2) is 65.6 Å². The molecule has 0 unspecified atom stereocenters. The van der Waals surface area contributed by atoms with Gasteiger partial charge in [-0.3, -0.25) is 0 Å². The maximum absolute atomic E-state index is 5.92. The molecule has 0 fully saturated rings. The smallest absolute Gasteiger partial charge is 0.169 e. The van der Waals surface area contributed by atoms with Gasteiger partial charge in [0.05, 0.1) is 0 Å². The summed E-state index contributed by atoms with van der Waals surface area (Å²) < 4.78 is 9.93. The van der Waals surface area contributed by atoms with E-state index in [1.165, 1.54) is 0 Å². The molecule has 0 amide bonds. The summed E-state index contributed by atoms with van der Waals surface area (Å²) in [6.07, 6.45) is 8.06. The van der Waals surface area contributed by atoms with E-state index in [4.69, 9.17) is 4.42 Å². The Balaban J connectivity index is 1.95. The standard InChI is InChI=1S/C16H16N2O/c1-17-9-5-13(6-10-17)15-3-4-16(19-15)14-7-11-18(2)12-8-14/h3-12H,1-2H3/q+2. The zero-order valence-corrected chi connectivity index (χ0v) is 11.1. The van der Waals surface area contributed by atoms with E-state index in [1.807, 2.05) is 84.4 Å². The highest BCUT2D eigenvalue weighted by Crippen LogP contribution is 2.27. The predicted molar refractivity (Wildman–Crippen MR) is 71.9 cm³/mol. The van der Waals surface area contributed by atoms with Gasteiger partial charge in [-0.25, -0.2) is 9.13 Å². The van der Waals surface area contributed by atoms with Crippen molar-refractivity contribution in [1.82, 2.24) is 0 Å². The SMILES string of the molecule is C[n+]1ccc(-c2ccc(-c3cc[n+](C)cc3)o2)cc1. The number of aryl methyl sites for hydroxylation is 2. The number of aromatic nitrogens is 2. The lowest BCUT2D eigenvalue weighted by molar-refractivity contribution is -0.671. The van der Waals surface area contributed by atoms with Crippen LogP contribution < -0.4 is 9.13 Å². The Bertz CT molecular complexity index is 622. The van der Waals surface area contributed by atoms with Crippen molar-refractivity contribution < 1.29 is 13.6 Å². The third-order valence-corrected chi connectivity index (χ3v) is 3.13. The quantitative estimate of drug-likeness (QED) is 0.641. The van der Waals surface area contributed by atoms with E-state index >= 15 is 0 Å².